The average Bonchev–Trinajstić information content (AvgIpc) is 3.68. The summed E-state index contributed by atoms with van der Waals surface area (Å²) in [6.07, 6.45) is 10.8. The summed E-state index contributed by atoms with van der Waals surface area (Å²) in [5.41, 5.74) is 8.71. The fraction of sp³-hybridized carbons (Fsp3) is 0. The Morgan fingerprint density at radius 3 is 1.17 bits per heavy atom. The van der Waals surface area contributed by atoms with Crippen LogP contribution in [0.25, 0.3) is 87.8 Å². The van der Waals surface area contributed by atoms with Gasteiger partial charge in [0, 0.05) is 75.1 Å². The first kappa shape index (κ1) is 32.6. The molecule has 52 heavy (non-hydrogen) atoms. The van der Waals surface area contributed by atoms with E-state index in [-0.39, 0.29) is 19.5 Å². The van der Waals surface area contributed by atoms with Crippen molar-refractivity contribution in [3.05, 3.63) is 165 Å². The predicted molar refractivity (Wildman–Crippen MR) is 206 cm³/mol. The smallest absolute Gasteiger partial charge is 0.337 e. The van der Waals surface area contributed by atoms with Crippen molar-refractivity contribution in [3.63, 3.8) is 0 Å². The first-order valence-corrected chi connectivity index (χ1v) is 16.6. The zero-order chi connectivity index (χ0) is 34.0. The van der Waals surface area contributed by atoms with Gasteiger partial charge < -0.3 is 4.98 Å². The molecule has 0 bridgehead atoms. The molecule has 0 saturated heterocycles. The molecule has 0 atom stereocenters. The van der Waals surface area contributed by atoms with Gasteiger partial charge in [-0.25, -0.2) is 4.98 Å². The summed E-state index contributed by atoms with van der Waals surface area (Å²) >= 11 is 0. The predicted octanol–water partition coefficient (Wildman–Crippen LogP) is 9.89. The molecule has 1 N–H and O–H groups in total. The van der Waals surface area contributed by atoms with Gasteiger partial charge in [-0.1, -0.05) is 78.9 Å². The number of H-pyrrole nitrogens is 1. The molecular weight excluding hydrogens is 730 g/mol. The van der Waals surface area contributed by atoms with Gasteiger partial charge in [-0.2, -0.15) is 0 Å². The summed E-state index contributed by atoms with van der Waals surface area (Å²) in [5.74, 6) is 0.863. The van der Waals surface area contributed by atoms with Crippen LogP contribution >= 0.6 is 0 Å². The van der Waals surface area contributed by atoms with Crippen LogP contribution in [0.5, 0.6) is 0 Å². The molecule has 0 saturated carbocycles. The van der Waals surface area contributed by atoms with Crippen LogP contribution in [0, 0.1) is 0 Å². The molecule has 0 spiro atoms. The molecule has 9 heteroatoms. The molecule has 7 heterocycles. The van der Waals surface area contributed by atoms with Crippen LogP contribution < -0.4 is 0 Å². The summed E-state index contributed by atoms with van der Waals surface area (Å²) in [6.45, 7) is 0. The second-order valence-corrected chi connectivity index (χ2v) is 11.9. The van der Waals surface area contributed by atoms with E-state index in [1.54, 1.807) is 37.2 Å². The molecule has 0 amide bonds. The third kappa shape index (κ3) is 6.08. The van der Waals surface area contributed by atoms with E-state index in [1.807, 2.05) is 54.6 Å². The molecule has 0 aliphatic rings. The number of hydrogen-bond acceptors (Lipinski definition) is 7. The van der Waals surface area contributed by atoms with Gasteiger partial charge in [0.25, 0.3) is 0 Å². The van der Waals surface area contributed by atoms with Crippen molar-refractivity contribution in [1.29, 1.82) is 0 Å². The average molecular weight is 758 g/mol. The van der Waals surface area contributed by atoms with Gasteiger partial charge in [0.05, 0.1) is 44.1 Å². The van der Waals surface area contributed by atoms with Crippen molar-refractivity contribution in [2.75, 3.05) is 0 Å². The van der Waals surface area contributed by atoms with Crippen LogP contribution in [0.4, 0.5) is 0 Å². The SMILES string of the molecule is [Ru+3].c1ccc(-c2nc3c4cccnc4c4ncccc4c3[nH]2)cc1.c1cnc2c(c1)ccc1cccnc12.c1cnc2c(c1)ccc1cccnc12. The number of hydrogen-bond donors (Lipinski definition) is 1. The maximum absolute atomic E-state index is 4.84. The minimum Gasteiger partial charge on any atom is -0.337 e. The molecule has 245 valence electrons. The molecule has 11 rings (SSSR count). The Hall–Kier alpha value is -6.57. The molecule has 7 aromatic heterocycles. The Labute approximate surface area is 310 Å². The van der Waals surface area contributed by atoms with E-state index in [1.165, 1.54) is 0 Å². The van der Waals surface area contributed by atoms with Gasteiger partial charge in [-0.15, -0.1) is 0 Å². The largest absolute Gasteiger partial charge is 3.00 e. The number of fused-ring (bicyclic) bond motifs is 12. The second kappa shape index (κ2) is 14.3. The number of imidazole rings is 1. The number of aromatic amines is 1. The number of nitrogens with zero attached hydrogens (tertiary/aromatic N) is 7. The van der Waals surface area contributed by atoms with Gasteiger partial charge in [-0.05, 0) is 48.5 Å². The third-order valence-corrected chi connectivity index (χ3v) is 8.80. The zero-order valence-corrected chi connectivity index (χ0v) is 29.3. The summed E-state index contributed by atoms with van der Waals surface area (Å²) in [4.78, 5) is 34.7. The van der Waals surface area contributed by atoms with Gasteiger partial charge in [0.2, 0.25) is 0 Å². The van der Waals surface area contributed by atoms with Crippen LogP contribution in [0.3, 0.4) is 0 Å². The Bertz CT molecular complexity index is 2710. The third-order valence-electron chi connectivity index (χ3n) is 8.80. The first-order chi connectivity index (χ1) is 25.3. The van der Waals surface area contributed by atoms with Crippen LogP contribution in [0.1, 0.15) is 0 Å². The van der Waals surface area contributed by atoms with E-state index >= 15 is 0 Å². The fourth-order valence-electron chi connectivity index (χ4n) is 6.44. The van der Waals surface area contributed by atoms with E-state index < -0.39 is 0 Å². The number of benzene rings is 4. The summed E-state index contributed by atoms with van der Waals surface area (Å²) in [7, 11) is 0. The number of rotatable bonds is 1. The topological polar surface area (TPSA) is 106 Å². The van der Waals surface area contributed by atoms with Gasteiger partial charge >= 0.3 is 19.5 Å². The van der Waals surface area contributed by atoms with Crippen LogP contribution in [-0.2, 0) is 19.5 Å². The molecule has 11 aromatic rings. The van der Waals surface area contributed by atoms with E-state index in [0.717, 1.165) is 87.8 Å². The quantitative estimate of drug-likeness (QED) is 0.131. The molecule has 8 nitrogen and oxygen atoms in total. The van der Waals surface area contributed by atoms with Crippen molar-refractivity contribution in [3.8, 4) is 11.4 Å². The summed E-state index contributed by atoms with van der Waals surface area (Å²) in [5, 5.41) is 6.62. The Morgan fingerprint density at radius 2 is 0.712 bits per heavy atom. The standard InChI is InChI=1S/C19H12N4.2C12H8N2.Ru/c1-2-6-12(7-3-1)19-22-17-13-8-4-10-20-15(13)16-14(18(17)23-19)9-5-11-21-16;2*1-3-9-5-6-10-4-2-8-14-12(10)11(9)13-7-1;/h1-11H,(H,22,23);2*1-8H;/q;;;+3. The molecule has 0 fully saturated rings. The molecule has 0 aliphatic carbocycles. The van der Waals surface area contributed by atoms with Crippen molar-refractivity contribution >= 4 is 76.5 Å². The van der Waals surface area contributed by atoms with Crippen molar-refractivity contribution in [2.45, 2.75) is 0 Å². The Kier molecular flexibility index (Phi) is 9.00. The van der Waals surface area contributed by atoms with Gasteiger partial charge in [0.15, 0.2) is 0 Å². The minimum absolute atomic E-state index is 0. The first-order valence-electron chi connectivity index (χ1n) is 16.6. The number of pyridine rings is 6. The van der Waals surface area contributed by atoms with Crippen molar-refractivity contribution in [1.82, 2.24) is 39.9 Å². The molecule has 0 aliphatic heterocycles. The fourth-order valence-corrected chi connectivity index (χ4v) is 6.44. The Balaban J connectivity index is 0.000000116. The molecule has 4 aromatic carbocycles. The maximum Gasteiger partial charge on any atom is 3.00 e. The second-order valence-electron chi connectivity index (χ2n) is 11.9. The minimum atomic E-state index is 0. The van der Waals surface area contributed by atoms with E-state index in [0.29, 0.717) is 0 Å². The summed E-state index contributed by atoms with van der Waals surface area (Å²) in [6, 6.07) is 42.4. The van der Waals surface area contributed by atoms with Crippen LogP contribution in [0.15, 0.2) is 165 Å². The van der Waals surface area contributed by atoms with Crippen molar-refractivity contribution < 1.29 is 19.5 Å². The summed E-state index contributed by atoms with van der Waals surface area (Å²) < 4.78 is 0. The number of aromatic nitrogens is 8. The maximum atomic E-state index is 4.84. The van der Waals surface area contributed by atoms with E-state index in [4.69, 9.17) is 4.98 Å². The Morgan fingerprint density at radius 1 is 0.327 bits per heavy atom. The monoisotopic (exact) mass is 758 g/mol. The van der Waals surface area contributed by atoms with Gasteiger partial charge in [0.1, 0.15) is 5.82 Å². The molecular formula is C43H28N8Ru+3. The van der Waals surface area contributed by atoms with Crippen molar-refractivity contribution in [2.24, 2.45) is 0 Å². The van der Waals surface area contributed by atoms with E-state index in [2.05, 4.69) is 108 Å². The zero-order valence-electron chi connectivity index (χ0n) is 27.6. The van der Waals surface area contributed by atoms with Crippen LogP contribution in [0.2, 0.25) is 0 Å². The number of nitrogens with one attached hydrogen (secondary N) is 1. The normalized spacial score (nSPS) is 10.9. The molecule has 1 radical (unpaired) electrons. The molecule has 0 unspecified atom stereocenters. The van der Waals surface area contributed by atoms with E-state index in [9.17, 15) is 0 Å². The van der Waals surface area contributed by atoms with Gasteiger partial charge in [-0.3, -0.25) is 29.9 Å². The van der Waals surface area contributed by atoms with Crippen LogP contribution in [-0.4, -0.2) is 39.9 Å².